The van der Waals surface area contributed by atoms with Crippen LogP contribution in [0.2, 0.25) is 0 Å². The van der Waals surface area contributed by atoms with E-state index in [-0.39, 0.29) is 23.5 Å². The van der Waals surface area contributed by atoms with E-state index in [2.05, 4.69) is 20.7 Å². The SMILES string of the molecule is CC(=O)Cc1c(Br)cccc1OC(F)(F)F. The number of hydrogen-bond donors (Lipinski definition) is 0. The third kappa shape index (κ3) is 3.84. The van der Waals surface area contributed by atoms with E-state index in [0.29, 0.717) is 4.47 Å². The fourth-order valence-electron chi connectivity index (χ4n) is 1.18. The molecular weight excluding hydrogens is 289 g/mol. The summed E-state index contributed by atoms with van der Waals surface area (Å²) in [5.74, 6) is -0.587. The maximum Gasteiger partial charge on any atom is 0.573 e. The molecule has 0 radical (unpaired) electrons. The number of benzene rings is 1. The van der Waals surface area contributed by atoms with Gasteiger partial charge in [-0.2, -0.15) is 0 Å². The third-order valence-electron chi connectivity index (χ3n) is 1.73. The van der Waals surface area contributed by atoms with Crippen LogP contribution in [0.15, 0.2) is 22.7 Å². The molecule has 0 amide bonds. The Hall–Kier alpha value is -1.04. The van der Waals surface area contributed by atoms with Crippen molar-refractivity contribution in [3.8, 4) is 5.75 Å². The Bertz CT molecular complexity index is 402. The van der Waals surface area contributed by atoms with Crippen molar-refractivity contribution in [2.75, 3.05) is 0 Å². The van der Waals surface area contributed by atoms with Crippen LogP contribution in [-0.2, 0) is 11.2 Å². The molecule has 1 aromatic rings. The minimum atomic E-state index is -4.76. The van der Waals surface area contributed by atoms with Gasteiger partial charge in [-0.05, 0) is 19.1 Å². The van der Waals surface area contributed by atoms with E-state index in [1.807, 2.05) is 0 Å². The van der Waals surface area contributed by atoms with Gasteiger partial charge in [0.1, 0.15) is 11.5 Å². The maximum atomic E-state index is 12.1. The fourth-order valence-corrected chi connectivity index (χ4v) is 1.67. The van der Waals surface area contributed by atoms with Crippen LogP contribution in [-0.4, -0.2) is 12.1 Å². The Morgan fingerprint density at radius 3 is 2.56 bits per heavy atom. The van der Waals surface area contributed by atoms with Gasteiger partial charge in [-0.3, -0.25) is 4.79 Å². The molecule has 6 heteroatoms. The van der Waals surface area contributed by atoms with Crippen LogP contribution in [0.3, 0.4) is 0 Å². The quantitative estimate of drug-likeness (QED) is 0.854. The lowest BCUT2D eigenvalue weighted by molar-refractivity contribution is -0.274. The molecule has 0 aliphatic heterocycles. The van der Waals surface area contributed by atoms with Gasteiger partial charge in [0.25, 0.3) is 0 Å². The molecule has 2 nitrogen and oxygen atoms in total. The second-order valence-corrected chi connectivity index (χ2v) is 4.00. The van der Waals surface area contributed by atoms with Crippen molar-refractivity contribution in [1.29, 1.82) is 0 Å². The smallest absolute Gasteiger partial charge is 0.405 e. The van der Waals surface area contributed by atoms with E-state index < -0.39 is 6.36 Å². The molecule has 1 rings (SSSR count). The number of hydrogen-bond acceptors (Lipinski definition) is 2. The van der Waals surface area contributed by atoms with Gasteiger partial charge in [-0.25, -0.2) is 0 Å². The molecule has 0 heterocycles. The number of halogens is 4. The zero-order valence-electron chi connectivity index (χ0n) is 8.27. The Morgan fingerprint density at radius 1 is 1.44 bits per heavy atom. The van der Waals surface area contributed by atoms with E-state index in [9.17, 15) is 18.0 Å². The van der Waals surface area contributed by atoms with Crippen molar-refractivity contribution in [3.05, 3.63) is 28.2 Å². The first-order valence-electron chi connectivity index (χ1n) is 4.32. The summed E-state index contributed by atoms with van der Waals surface area (Å²) in [6.45, 7) is 1.30. The normalized spacial score (nSPS) is 11.3. The highest BCUT2D eigenvalue weighted by Crippen LogP contribution is 2.31. The minimum absolute atomic E-state index is 0.104. The molecular formula is C10H8BrF3O2. The maximum absolute atomic E-state index is 12.1. The lowest BCUT2D eigenvalue weighted by Gasteiger charge is -2.13. The van der Waals surface area contributed by atoms with Crippen LogP contribution in [0.1, 0.15) is 12.5 Å². The first-order valence-corrected chi connectivity index (χ1v) is 5.11. The van der Waals surface area contributed by atoms with E-state index in [0.717, 1.165) is 0 Å². The van der Waals surface area contributed by atoms with Crippen LogP contribution in [0.25, 0.3) is 0 Å². The van der Waals surface area contributed by atoms with E-state index in [1.165, 1.54) is 19.1 Å². The Morgan fingerprint density at radius 2 is 2.06 bits per heavy atom. The molecule has 0 saturated heterocycles. The predicted octanol–water partition coefficient (Wildman–Crippen LogP) is 3.48. The first-order chi connectivity index (χ1) is 7.29. The molecule has 0 aromatic heterocycles. The van der Waals surface area contributed by atoms with Crippen molar-refractivity contribution in [2.45, 2.75) is 19.7 Å². The van der Waals surface area contributed by atoms with Crippen LogP contribution >= 0.6 is 15.9 Å². The van der Waals surface area contributed by atoms with Gasteiger partial charge in [0.05, 0.1) is 0 Å². The summed E-state index contributed by atoms with van der Waals surface area (Å²) in [5, 5.41) is 0. The summed E-state index contributed by atoms with van der Waals surface area (Å²) < 4.78 is 40.5. The molecule has 0 aliphatic rings. The van der Waals surface area contributed by atoms with Crippen molar-refractivity contribution >= 4 is 21.7 Å². The predicted molar refractivity (Wildman–Crippen MR) is 55.2 cm³/mol. The highest BCUT2D eigenvalue weighted by molar-refractivity contribution is 9.10. The lowest BCUT2D eigenvalue weighted by atomic mass is 10.1. The second kappa shape index (κ2) is 4.86. The molecule has 1 aromatic carbocycles. The van der Waals surface area contributed by atoms with E-state index in [1.54, 1.807) is 6.07 Å². The summed E-state index contributed by atoms with van der Waals surface area (Å²) in [5.41, 5.74) is 0.201. The van der Waals surface area contributed by atoms with E-state index >= 15 is 0 Å². The largest absolute Gasteiger partial charge is 0.573 e. The van der Waals surface area contributed by atoms with Gasteiger partial charge in [0.2, 0.25) is 0 Å². The Kier molecular flexibility index (Phi) is 3.96. The molecule has 0 aliphatic carbocycles. The average molecular weight is 297 g/mol. The van der Waals surface area contributed by atoms with Crippen molar-refractivity contribution in [3.63, 3.8) is 0 Å². The number of alkyl halides is 3. The van der Waals surface area contributed by atoms with Crippen LogP contribution in [0, 0.1) is 0 Å². The molecule has 0 atom stereocenters. The number of ketones is 1. The molecule has 0 N–H and O–H groups in total. The van der Waals surface area contributed by atoms with Crippen LogP contribution < -0.4 is 4.74 Å². The molecule has 16 heavy (non-hydrogen) atoms. The van der Waals surface area contributed by atoms with Gasteiger partial charge in [-0.1, -0.05) is 22.0 Å². The lowest BCUT2D eigenvalue weighted by Crippen LogP contribution is -2.18. The van der Waals surface area contributed by atoms with Crippen LogP contribution in [0.4, 0.5) is 13.2 Å². The molecule has 0 spiro atoms. The summed E-state index contributed by atoms with van der Waals surface area (Å²) in [4.78, 5) is 10.9. The highest BCUT2D eigenvalue weighted by atomic mass is 79.9. The topological polar surface area (TPSA) is 26.3 Å². The fraction of sp³-hybridized carbons (Fsp3) is 0.300. The average Bonchev–Trinajstić information content (AvgIpc) is 2.08. The Labute approximate surface area is 98.5 Å². The highest BCUT2D eigenvalue weighted by Gasteiger charge is 2.32. The number of rotatable bonds is 3. The van der Waals surface area contributed by atoms with Crippen LogP contribution in [0.5, 0.6) is 5.75 Å². The van der Waals surface area contributed by atoms with Crippen molar-refractivity contribution in [2.24, 2.45) is 0 Å². The molecule has 0 fully saturated rings. The van der Waals surface area contributed by atoms with E-state index in [4.69, 9.17) is 0 Å². The van der Waals surface area contributed by atoms with Crippen molar-refractivity contribution < 1.29 is 22.7 Å². The Balaban J connectivity index is 3.07. The number of ether oxygens (including phenoxy) is 1. The zero-order chi connectivity index (χ0) is 12.3. The van der Waals surface area contributed by atoms with Gasteiger partial charge >= 0.3 is 6.36 Å². The summed E-state index contributed by atoms with van der Waals surface area (Å²) >= 11 is 3.08. The van der Waals surface area contributed by atoms with Gasteiger partial charge in [0, 0.05) is 16.5 Å². The van der Waals surface area contributed by atoms with Crippen molar-refractivity contribution in [1.82, 2.24) is 0 Å². The van der Waals surface area contributed by atoms with Gasteiger partial charge < -0.3 is 4.74 Å². The molecule has 0 bridgehead atoms. The van der Waals surface area contributed by atoms with Gasteiger partial charge in [0.15, 0.2) is 0 Å². The first kappa shape index (κ1) is 13.0. The zero-order valence-corrected chi connectivity index (χ0v) is 9.85. The summed E-state index contributed by atoms with van der Waals surface area (Å²) in [7, 11) is 0. The summed E-state index contributed by atoms with van der Waals surface area (Å²) in [6, 6.07) is 4.15. The molecule has 0 saturated carbocycles. The number of carbonyl (C=O) groups excluding carboxylic acids is 1. The number of carbonyl (C=O) groups is 1. The molecule has 0 unspecified atom stereocenters. The monoisotopic (exact) mass is 296 g/mol. The molecule has 88 valence electrons. The summed E-state index contributed by atoms with van der Waals surface area (Å²) in [6.07, 6.45) is -4.86. The number of Topliss-reactive ketones (excluding diaryl/α,β-unsaturated/α-hetero) is 1. The third-order valence-corrected chi connectivity index (χ3v) is 2.47. The standard InChI is InChI=1S/C10H8BrF3O2/c1-6(15)5-7-8(11)3-2-4-9(7)16-10(12,13)14/h2-4H,5H2,1H3. The second-order valence-electron chi connectivity index (χ2n) is 3.14. The minimum Gasteiger partial charge on any atom is -0.405 e. The van der Waals surface area contributed by atoms with Gasteiger partial charge in [-0.15, -0.1) is 13.2 Å².